The smallest absolute Gasteiger partial charge is 0.314 e. The van der Waals surface area contributed by atoms with E-state index in [9.17, 15) is 14.3 Å². The van der Waals surface area contributed by atoms with E-state index in [2.05, 4.69) is 0 Å². The zero-order valence-electron chi connectivity index (χ0n) is 8.96. The van der Waals surface area contributed by atoms with E-state index in [1.54, 1.807) is 12.1 Å². The molecule has 0 saturated heterocycles. The van der Waals surface area contributed by atoms with Crippen LogP contribution in [0, 0.1) is 5.82 Å². The van der Waals surface area contributed by atoms with Crippen LogP contribution in [-0.4, -0.2) is 11.1 Å². The first kappa shape index (κ1) is 11.7. The van der Waals surface area contributed by atoms with E-state index >= 15 is 0 Å². The van der Waals surface area contributed by atoms with E-state index in [4.69, 9.17) is 0 Å². The first-order chi connectivity index (χ1) is 7.06. The van der Waals surface area contributed by atoms with Crippen molar-refractivity contribution in [3.05, 3.63) is 35.6 Å². The Labute approximate surface area is 88.7 Å². The average molecular weight is 210 g/mol. The molecule has 0 saturated carbocycles. The zero-order valence-corrected chi connectivity index (χ0v) is 8.96. The fraction of sp³-hybridized carbons (Fsp3) is 0.417. The van der Waals surface area contributed by atoms with Gasteiger partial charge in [0.1, 0.15) is 5.82 Å². The molecular weight excluding hydrogens is 195 g/mol. The van der Waals surface area contributed by atoms with E-state index in [0.717, 1.165) is 0 Å². The van der Waals surface area contributed by atoms with Gasteiger partial charge in [0.15, 0.2) is 0 Å². The van der Waals surface area contributed by atoms with Crippen molar-refractivity contribution < 1.29 is 14.3 Å². The third-order valence-corrected chi connectivity index (χ3v) is 3.01. The molecule has 0 aliphatic heterocycles. The van der Waals surface area contributed by atoms with Crippen LogP contribution >= 0.6 is 0 Å². The molecule has 0 fully saturated rings. The molecule has 15 heavy (non-hydrogen) atoms. The van der Waals surface area contributed by atoms with E-state index in [1.165, 1.54) is 12.1 Å². The molecular formula is C12H15FO2. The predicted octanol–water partition coefficient (Wildman–Crippen LogP) is 2.97. The van der Waals surface area contributed by atoms with Gasteiger partial charge in [-0.1, -0.05) is 26.0 Å². The molecule has 82 valence electrons. The largest absolute Gasteiger partial charge is 0.481 e. The number of carboxylic acids is 1. The minimum absolute atomic E-state index is 0.342. The Hall–Kier alpha value is -1.38. The van der Waals surface area contributed by atoms with Gasteiger partial charge in [-0.05, 0) is 30.5 Å². The van der Waals surface area contributed by atoms with Gasteiger partial charge in [0.05, 0.1) is 5.41 Å². The van der Waals surface area contributed by atoms with Crippen molar-refractivity contribution in [2.24, 2.45) is 0 Å². The summed E-state index contributed by atoms with van der Waals surface area (Å²) in [5.41, 5.74) is -0.213. The highest BCUT2D eigenvalue weighted by Crippen LogP contribution is 2.31. The molecule has 1 aromatic carbocycles. The topological polar surface area (TPSA) is 37.3 Å². The zero-order chi connectivity index (χ0) is 11.5. The van der Waals surface area contributed by atoms with Crippen LogP contribution in [-0.2, 0) is 10.2 Å². The van der Waals surface area contributed by atoms with Crippen molar-refractivity contribution >= 4 is 5.97 Å². The molecule has 0 amide bonds. The number of benzene rings is 1. The molecule has 0 spiro atoms. The maximum atomic E-state index is 12.7. The predicted molar refractivity (Wildman–Crippen MR) is 56.3 cm³/mol. The molecule has 3 heteroatoms. The summed E-state index contributed by atoms with van der Waals surface area (Å²) in [6, 6.07) is 5.71. The SMILES string of the molecule is CCC(CC)(C(=O)O)c1ccc(F)cc1. The Morgan fingerprint density at radius 1 is 1.27 bits per heavy atom. The molecule has 1 N–H and O–H groups in total. The van der Waals surface area contributed by atoms with E-state index in [-0.39, 0.29) is 5.82 Å². The average Bonchev–Trinajstić information content (AvgIpc) is 2.22. The van der Waals surface area contributed by atoms with Gasteiger partial charge in [-0.3, -0.25) is 4.79 Å². The minimum Gasteiger partial charge on any atom is -0.481 e. The van der Waals surface area contributed by atoms with Crippen LogP contribution < -0.4 is 0 Å². The lowest BCUT2D eigenvalue weighted by Gasteiger charge is -2.27. The van der Waals surface area contributed by atoms with Crippen LogP contribution in [0.3, 0.4) is 0 Å². The molecule has 0 aliphatic rings. The number of hydrogen-bond donors (Lipinski definition) is 1. The highest BCUT2D eigenvalue weighted by Gasteiger charge is 2.36. The second-order valence-corrected chi connectivity index (χ2v) is 3.60. The normalized spacial score (nSPS) is 11.4. The number of aliphatic carboxylic acids is 1. The Morgan fingerprint density at radius 3 is 2.07 bits per heavy atom. The maximum Gasteiger partial charge on any atom is 0.314 e. The second kappa shape index (κ2) is 4.43. The van der Waals surface area contributed by atoms with Crippen molar-refractivity contribution in [1.29, 1.82) is 0 Å². The van der Waals surface area contributed by atoms with Gasteiger partial charge in [-0.25, -0.2) is 4.39 Å². The summed E-state index contributed by atoms with van der Waals surface area (Å²) >= 11 is 0. The molecule has 0 aromatic heterocycles. The van der Waals surface area contributed by atoms with Gasteiger partial charge in [-0.2, -0.15) is 0 Å². The molecule has 1 aromatic rings. The summed E-state index contributed by atoms with van der Waals surface area (Å²) < 4.78 is 12.7. The standard InChI is InChI=1S/C12H15FO2/c1-3-12(4-2,11(14)15)9-5-7-10(13)8-6-9/h5-8H,3-4H2,1-2H3,(H,14,15). The number of rotatable bonds is 4. The van der Waals surface area contributed by atoms with Crippen molar-refractivity contribution in [3.8, 4) is 0 Å². The summed E-state index contributed by atoms with van der Waals surface area (Å²) in [6.45, 7) is 3.67. The van der Waals surface area contributed by atoms with E-state index < -0.39 is 11.4 Å². The fourth-order valence-electron chi connectivity index (χ4n) is 1.85. The Bertz CT molecular complexity index is 339. The molecule has 2 nitrogen and oxygen atoms in total. The second-order valence-electron chi connectivity index (χ2n) is 3.60. The number of hydrogen-bond acceptors (Lipinski definition) is 1. The third-order valence-electron chi connectivity index (χ3n) is 3.01. The summed E-state index contributed by atoms with van der Waals surface area (Å²) in [7, 11) is 0. The minimum atomic E-state index is -0.881. The van der Waals surface area contributed by atoms with Crippen LogP contribution in [0.15, 0.2) is 24.3 Å². The highest BCUT2D eigenvalue weighted by atomic mass is 19.1. The summed E-state index contributed by atoms with van der Waals surface area (Å²) in [5, 5.41) is 9.25. The number of carbonyl (C=O) groups is 1. The summed E-state index contributed by atoms with van der Waals surface area (Å²) in [4.78, 5) is 11.3. The Morgan fingerprint density at radius 2 is 1.73 bits per heavy atom. The lowest BCUT2D eigenvalue weighted by atomic mass is 9.76. The maximum absolute atomic E-state index is 12.7. The van der Waals surface area contributed by atoms with Crippen LogP contribution in [0.2, 0.25) is 0 Å². The van der Waals surface area contributed by atoms with Gasteiger partial charge in [0.2, 0.25) is 0 Å². The molecule has 0 atom stereocenters. The summed E-state index contributed by atoms with van der Waals surface area (Å²) in [6.07, 6.45) is 1.01. The van der Waals surface area contributed by atoms with Crippen molar-refractivity contribution in [2.75, 3.05) is 0 Å². The molecule has 0 unspecified atom stereocenters. The van der Waals surface area contributed by atoms with Crippen LogP contribution in [0.25, 0.3) is 0 Å². The van der Waals surface area contributed by atoms with Crippen molar-refractivity contribution in [2.45, 2.75) is 32.1 Å². The fourth-order valence-corrected chi connectivity index (χ4v) is 1.85. The number of carboxylic acid groups (broad SMARTS) is 1. The molecule has 0 aliphatic carbocycles. The van der Waals surface area contributed by atoms with Crippen LogP contribution in [0.4, 0.5) is 4.39 Å². The van der Waals surface area contributed by atoms with Gasteiger partial charge in [-0.15, -0.1) is 0 Å². The lowest BCUT2D eigenvalue weighted by molar-refractivity contribution is -0.144. The molecule has 0 heterocycles. The van der Waals surface area contributed by atoms with Crippen LogP contribution in [0.5, 0.6) is 0 Å². The third kappa shape index (κ3) is 2.01. The van der Waals surface area contributed by atoms with Crippen molar-refractivity contribution in [3.63, 3.8) is 0 Å². The quantitative estimate of drug-likeness (QED) is 0.829. The van der Waals surface area contributed by atoms with Crippen molar-refractivity contribution in [1.82, 2.24) is 0 Å². The first-order valence-corrected chi connectivity index (χ1v) is 5.06. The molecule has 0 radical (unpaired) electrons. The van der Waals surface area contributed by atoms with Gasteiger partial charge >= 0.3 is 5.97 Å². The Balaban J connectivity index is 3.20. The number of halogens is 1. The Kier molecular flexibility index (Phi) is 3.45. The van der Waals surface area contributed by atoms with Gasteiger partial charge < -0.3 is 5.11 Å². The van der Waals surface area contributed by atoms with Crippen LogP contribution in [0.1, 0.15) is 32.3 Å². The van der Waals surface area contributed by atoms with E-state index in [0.29, 0.717) is 18.4 Å². The summed E-state index contributed by atoms with van der Waals surface area (Å²) in [5.74, 6) is -1.19. The molecule has 1 rings (SSSR count). The monoisotopic (exact) mass is 210 g/mol. The lowest BCUT2D eigenvalue weighted by Crippen LogP contribution is -2.34. The molecule has 0 bridgehead atoms. The van der Waals surface area contributed by atoms with Gasteiger partial charge in [0, 0.05) is 0 Å². The first-order valence-electron chi connectivity index (χ1n) is 5.06. The van der Waals surface area contributed by atoms with Gasteiger partial charge in [0.25, 0.3) is 0 Å². The highest BCUT2D eigenvalue weighted by molar-refractivity contribution is 5.81. The van der Waals surface area contributed by atoms with E-state index in [1.807, 2.05) is 13.8 Å².